The Hall–Kier alpha value is -0.860. The van der Waals surface area contributed by atoms with Gasteiger partial charge in [0.1, 0.15) is 0 Å². The molecule has 0 spiro atoms. The molecule has 1 aliphatic heterocycles. The summed E-state index contributed by atoms with van der Waals surface area (Å²) in [5.74, 6) is 1.46. The Labute approximate surface area is 129 Å². The van der Waals surface area contributed by atoms with E-state index in [9.17, 15) is 0 Å². The van der Waals surface area contributed by atoms with Gasteiger partial charge in [-0.3, -0.25) is 0 Å². The Kier molecular flexibility index (Phi) is 4.97. The second-order valence-corrected chi connectivity index (χ2v) is 6.67. The summed E-state index contributed by atoms with van der Waals surface area (Å²) in [6.45, 7) is 6.60. The minimum Gasteiger partial charge on any atom is -0.378 e. The Morgan fingerprint density at radius 3 is 2.90 bits per heavy atom. The lowest BCUT2D eigenvalue weighted by atomic mass is 9.72. The first-order chi connectivity index (χ1) is 10.3. The summed E-state index contributed by atoms with van der Waals surface area (Å²) in [6.07, 6.45) is 6.61. The van der Waals surface area contributed by atoms with Crippen molar-refractivity contribution in [2.45, 2.75) is 64.0 Å². The van der Waals surface area contributed by atoms with Crippen LogP contribution in [-0.2, 0) is 11.2 Å². The molecule has 2 heteroatoms. The molecule has 1 aliphatic carbocycles. The van der Waals surface area contributed by atoms with E-state index in [2.05, 4.69) is 43.4 Å². The van der Waals surface area contributed by atoms with Gasteiger partial charge >= 0.3 is 0 Å². The first-order valence-corrected chi connectivity index (χ1v) is 8.76. The molecular weight excluding hydrogens is 258 g/mol. The van der Waals surface area contributed by atoms with Gasteiger partial charge in [0.15, 0.2) is 0 Å². The van der Waals surface area contributed by atoms with Gasteiger partial charge < -0.3 is 10.1 Å². The van der Waals surface area contributed by atoms with Gasteiger partial charge in [-0.15, -0.1) is 0 Å². The highest BCUT2D eigenvalue weighted by atomic mass is 16.5. The summed E-state index contributed by atoms with van der Waals surface area (Å²) in [5.41, 5.74) is 3.15. The van der Waals surface area contributed by atoms with Gasteiger partial charge in [-0.25, -0.2) is 0 Å². The Bertz CT molecular complexity index is 459. The predicted octanol–water partition coefficient (Wildman–Crippen LogP) is 3.90. The number of nitrogens with one attached hydrogen (secondary N) is 1. The molecule has 1 N–H and O–H groups in total. The average Bonchev–Trinajstić information content (AvgIpc) is 2.96. The predicted molar refractivity (Wildman–Crippen MR) is 87.7 cm³/mol. The van der Waals surface area contributed by atoms with Crippen LogP contribution in [0.25, 0.3) is 0 Å². The smallest absolute Gasteiger partial charge is 0.0616 e. The van der Waals surface area contributed by atoms with Gasteiger partial charge in [-0.2, -0.15) is 0 Å². The fourth-order valence-electron chi connectivity index (χ4n) is 4.16. The lowest BCUT2D eigenvalue weighted by Gasteiger charge is -2.36. The molecule has 4 unspecified atom stereocenters. The third kappa shape index (κ3) is 3.17. The van der Waals surface area contributed by atoms with Crippen LogP contribution in [0.2, 0.25) is 0 Å². The zero-order chi connectivity index (χ0) is 14.7. The van der Waals surface area contributed by atoms with E-state index in [1.54, 1.807) is 11.1 Å². The van der Waals surface area contributed by atoms with Crippen molar-refractivity contribution in [2.24, 2.45) is 5.92 Å². The van der Waals surface area contributed by atoms with Crippen molar-refractivity contribution in [1.82, 2.24) is 5.32 Å². The normalized spacial score (nSPS) is 29.0. The lowest BCUT2D eigenvalue weighted by Crippen LogP contribution is -2.42. The molecule has 1 aromatic carbocycles. The van der Waals surface area contributed by atoms with Gasteiger partial charge in [-0.05, 0) is 55.7 Å². The standard InChI is InChI=1S/C19H29NO/c1-3-10-20-18(17-9-11-21-19(17)4-2)13-15-12-14-7-5-6-8-16(14)15/h5-8,15,17-20H,3-4,9-13H2,1-2H3. The SMILES string of the molecule is CCCNC(CC1Cc2ccccc21)C1CCOC1CC. The summed E-state index contributed by atoms with van der Waals surface area (Å²) < 4.78 is 5.94. The quantitative estimate of drug-likeness (QED) is 0.821. The molecular formula is C19H29NO. The van der Waals surface area contributed by atoms with E-state index < -0.39 is 0 Å². The molecule has 4 atom stereocenters. The van der Waals surface area contributed by atoms with E-state index in [-0.39, 0.29) is 0 Å². The van der Waals surface area contributed by atoms with Crippen LogP contribution in [0.5, 0.6) is 0 Å². The zero-order valence-electron chi connectivity index (χ0n) is 13.5. The molecule has 1 saturated heterocycles. The van der Waals surface area contributed by atoms with Crippen molar-refractivity contribution in [1.29, 1.82) is 0 Å². The number of fused-ring (bicyclic) bond motifs is 1. The molecule has 116 valence electrons. The largest absolute Gasteiger partial charge is 0.378 e. The molecule has 21 heavy (non-hydrogen) atoms. The van der Waals surface area contributed by atoms with E-state index in [1.165, 1.54) is 25.7 Å². The Morgan fingerprint density at radius 1 is 1.29 bits per heavy atom. The summed E-state index contributed by atoms with van der Waals surface area (Å²) in [5, 5.41) is 3.83. The van der Waals surface area contributed by atoms with Crippen molar-refractivity contribution in [3.05, 3.63) is 35.4 Å². The second kappa shape index (κ2) is 6.93. The summed E-state index contributed by atoms with van der Waals surface area (Å²) >= 11 is 0. The highest BCUT2D eigenvalue weighted by molar-refractivity contribution is 5.40. The van der Waals surface area contributed by atoms with Gasteiger partial charge in [0.25, 0.3) is 0 Å². The monoisotopic (exact) mass is 287 g/mol. The first kappa shape index (κ1) is 15.1. The van der Waals surface area contributed by atoms with Crippen molar-refractivity contribution in [3.63, 3.8) is 0 Å². The highest BCUT2D eigenvalue weighted by Gasteiger charge is 2.36. The molecule has 2 aliphatic rings. The number of rotatable bonds is 7. The van der Waals surface area contributed by atoms with Crippen LogP contribution < -0.4 is 5.32 Å². The zero-order valence-corrected chi connectivity index (χ0v) is 13.5. The molecule has 3 rings (SSSR count). The van der Waals surface area contributed by atoms with Crippen LogP contribution in [0, 0.1) is 5.92 Å². The van der Waals surface area contributed by atoms with Crippen molar-refractivity contribution in [2.75, 3.05) is 13.2 Å². The number of hydrogen-bond acceptors (Lipinski definition) is 2. The minimum absolute atomic E-state index is 0.467. The molecule has 0 amide bonds. The molecule has 2 nitrogen and oxygen atoms in total. The average molecular weight is 287 g/mol. The third-order valence-electron chi connectivity index (χ3n) is 5.34. The van der Waals surface area contributed by atoms with Crippen LogP contribution in [0.15, 0.2) is 24.3 Å². The molecule has 0 aromatic heterocycles. The van der Waals surface area contributed by atoms with E-state index in [4.69, 9.17) is 4.74 Å². The van der Waals surface area contributed by atoms with Gasteiger partial charge in [-0.1, -0.05) is 38.1 Å². The van der Waals surface area contributed by atoms with Crippen molar-refractivity contribution >= 4 is 0 Å². The molecule has 1 aromatic rings. The maximum atomic E-state index is 5.94. The highest BCUT2D eigenvalue weighted by Crippen LogP contribution is 2.40. The maximum absolute atomic E-state index is 5.94. The third-order valence-corrected chi connectivity index (χ3v) is 5.34. The van der Waals surface area contributed by atoms with E-state index in [1.807, 2.05) is 0 Å². The van der Waals surface area contributed by atoms with Crippen LogP contribution in [0.3, 0.4) is 0 Å². The molecule has 0 saturated carbocycles. The number of hydrogen-bond donors (Lipinski definition) is 1. The Morgan fingerprint density at radius 2 is 2.14 bits per heavy atom. The number of ether oxygens (including phenoxy) is 1. The lowest BCUT2D eigenvalue weighted by molar-refractivity contribution is 0.0752. The Balaban J connectivity index is 1.66. The topological polar surface area (TPSA) is 21.3 Å². The van der Waals surface area contributed by atoms with Gasteiger partial charge in [0.05, 0.1) is 6.10 Å². The molecule has 1 fully saturated rings. The van der Waals surface area contributed by atoms with Crippen molar-refractivity contribution in [3.8, 4) is 0 Å². The van der Waals surface area contributed by atoms with Crippen LogP contribution >= 0.6 is 0 Å². The summed E-state index contributed by atoms with van der Waals surface area (Å²) in [4.78, 5) is 0. The van der Waals surface area contributed by atoms with Gasteiger partial charge in [0, 0.05) is 18.6 Å². The molecule has 0 bridgehead atoms. The molecule has 0 radical (unpaired) electrons. The minimum atomic E-state index is 0.467. The van der Waals surface area contributed by atoms with Gasteiger partial charge in [0.2, 0.25) is 0 Å². The van der Waals surface area contributed by atoms with Crippen LogP contribution in [-0.4, -0.2) is 25.3 Å². The first-order valence-electron chi connectivity index (χ1n) is 8.76. The fraction of sp³-hybridized carbons (Fsp3) is 0.684. The molecule has 1 heterocycles. The van der Waals surface area contributed by atoms with E-state index >= 15 is 0 Å². The van der Waals surface area contributed by atoms with Crippen LogP contribution in [0.4, 0.5) is 0 Å². The van der Waals surface area contributed by atoms with E-state index in [0.29, 0.717) is 18.1 Å². The summed E-state index contributed by atoms with van der Waals surface area (Å²) in [7, 11) is 0. The fourth-order valence-corrected chi connectivity index (χ4v) is 4.16. The van der Waals surface area contributed by atoms with E-state index in [0.717, 1.165) is 25.5 Å². The summed E-state index contributed by atoms with van der Waals surface area (Å²) in [6, 6.07) is 9.58. The maximum Gasteiger partial charge on any atom is 0.0616 e. The number of benzene rings is 1. The van der Waals surface area contributed by atoms with Crippen molar-refractivity contribution < 1.29 is 4.74 Å². The second-order valence-electron chi connectivity index (χ2n) is 6.67. The van der Waals surface area contributed by atoms with Crippen LogP contribution in [0.1, 0.15) is 56.6 Å².